The van der Waals surface area contributed by atoms with Crippen LogP contribution in [-0.4, -0.2) is 54.4 Å². The highest BCUT2D eigenvalue weighted by Crippen LogP contribution is 2.15. The van der Waals surface area contributed by atoms with Gasteiger partial charge in [-0.3, -0.25) is 9.67 Å². The SMILES string of the molecule is CN=C(NCCCn1nc(C)cc1C)N(C)CCOc1ccc(Cl)cc1. The number of ether oxygens (including phenoxy) is 1. The zero-order valence-electron chi connectivity index (χ0n) is 16.0. The molecule has 0 radical (unpaired) electrons. The number of hydrogen-bond acceptors (Lipinski definition) is 3. The highest BCUT2D eigenvalue weighted by Gasteiger charge is 2.06. The third-order valence-electron chi connectivity index (χ3n) is 4.02. The second-order valence-corrected chi connectivity index (χ2v) is 6.64. The summed E-state index contributed by atoms with van der Waals surface area (Å²) < 4.78 is 7.78. The number of halogens is 1. The molecule has 1 aromatic heterocycles. The molecule has 0 atom stereocenters. The third kappa shape index (κ3) is 6.26. The molecule has 1 aromatic carbocycles. The molecular weight excluding hydrogens is 350 g/mol. The molecule has 2 rings (SSSR count). The molecule has 0 spiro atoms. The van der Waals surface area contributed by atoms with Gasteiger partial charge in [-0.15, -0.1) is 0 Å². The highest BCUT2D eigenvalue weighted by atomic mass is 35.5. The molecule has 26 heavy (non-hydrogen) atoms. The quantitative estimate of drug-likeness (QED) is 0.436. The summed E-state index contributed by atoms with van der Waals surface area (Å²) in [6.07, 6.45) is 0.982. The first-order valence-corrected chi connectivity index (χ1v) is 9.18. The molecular formula is C19H28ClN5O. The Morgan fingerprint density at radius 3 is 2.65 bits per heavy atom. The van der Waals surface area contributed by atoms with Crippen molar-refractivity contribution < 1.29 is 4.74 Å². The van der Waals surface area contributed by atoms with Crippen LogP contribution in [-0.2, 0) is 6.54 Å². The number of rotatable bonds is 8. The van der Waals surface area contributed by atoms with Crippen molar-refractivity contribution in [3.63, 3.8) is 0 Å². The lowest BCUT2D eigenvalue weighted by Crippen LogP contribution is -2.41. The number of nitrogens with zero attached hydrogens (tertiary/aromatic N) is 4. The minimum Gasteiger partial charge on any atom is -0.492 e. The summed E-state index contributed by atoms with van der Waals surface area (Å²) >= 11 is 5.87. The van der Waals surface area contributed by atoms with E-state index in [1.165, 1.54) is 5.69 Å². The van der Waals surface area contributed by atoms with Gasteiger partial charge in [-0.05, 0) is 50.6 Å². The lowest BCUT2D eigenvalue weighted by atomic mass is 10.3. The molecule has 6 nitrogen and oxygen atoms in total. The molecule has 0 amide bonds. The van der Waals surface area contributed by atoms with Crippen molar-refractivity contribution in [2.45, 2.75) is 26.8 Å². The zero-order chi connectivity index (χ0) is 18.9. The first-order valence-electron chi connectivity index (χ1n) is 8.81. The number of likely N-dealkylation sites (N-methyl/N-ethyl adjacent to an activating group) is 1. The Labute approximate surface area is 160 Å². The van der Waals surface area contributed by atoms with Gasteiger partial charge in [-0.2, -0.15) is 5.10 Å². The van der Waals surface area contributed by atoms with Crippen LogP contribution in [0.2, 0.25) is 5.02 Å². The standard InChI is InChI=1S/C19H28ClN5O/c1-15-14-16(2)25(23-15)11-5-10-22-19(21-3)24(4)12-13-26-18-8-6-17(20)7-9-18/h6-9,14H,5,10-13H2,1-4H3,(H,21,22). The van der Waals surface area contributed by atoms with Gasteiger partial charge in [0.2, 0.25) is 0 Å². The van der Waals surface area contributed by atoms with Crippen molar-refractivity contribution in [2.75, 3.05) is 33.8 Å². The largest absolute Gasteiger partial charge is 0.492 e. The van der Waals surface area contributed by atoms with Crippen LogP contribution >= 0.6 is 11.6 Å². The van der Waals surface area contributed by atoms with Gasteiger partial charge in [0.25, 0.3) is 0 Å². The zero-order valence-corrected chi connectivity index (χ0v) is 16.8. The maximum absolute atomic E-state index is 5.87. The third-order valence-corrected chi connectivity index (χ3v) is 4.27. The van der Waals surface area contributed by atoms with Crippen LogP contribution in [0, 0.1) is 13.8 Å². The van der Waals surface area contributed by atoms with Crippen LogP contribution < -0.4 is 10.1 Å². The first-order chi connectivity index (χ1) is 12.5. The minimum absolute atomic E-state index is 0.574. The molecule has 0 saturated heterocycles. The van der Waals surface area contributed by atoms with E-state index in [1.807, 2.05) is 42.9 Å². The van der Waals surface area contributed by atoms with Crippen LogP contribution in [0.5, 0.6) is 5.75 Å². The molecule has 1 N–H and O–H groups in total. The smallest absolute Gasteiger partial charge is 0.193 e. The predicted octanol–water partition coefficient (Wildman–Crippen LogP) is 3.13. The van der Waals surface area contributed by atoms with Crippen LogP contribution in [0.4, 0.5) is 0 Å². The Balaban J connectivity index is 1.68. The molecule has 0 aliphatic heterocycles. The Hall–Kier alpha value is -2.21. The Morgan fingerprint density at radius 2 is 2.04 bits per heavy atom. The van der Waals surface area contributed by atoms with Gasteiger partial charge >= 0.3 is 0 Å². The Morgan fingerprint density at radius 1 is 1.31 bits per heavy atom. The topological polar surface area (TPSA) is 54.7 Å². The van der Waals surface area contributed by atoms with Crippen molar-refractivity contribution in [1.82, 2.24) is 20.0 Å². The molecule has 0 saturated carbocycles. The molecule has 2 aromatic rings. The van der Waals surface area contributed by atoms with E-state index in [1.54, 1.807) is 7.05 Å². The first kappa shape index (κ1) is 20.1. The lowest BCUT2D eigenvalue weighted by molar-refractivity contribution is 0.281. The second-order valence-electron chi connectivity index (χ2n) is 6.20. The molecule has 142 valence electrons. The van der Waals surface area contributed by atoms with E-state index in [2.05, 4.69) is 33.3 Å². The van der Waals surface area contributed by atoms with Gasteiger partial charge in [0.15, 0.2) is 5.96 Å². The minimum atomic E-state index is 0.574. The monoisotopic (exact) mass is 377 g/mol. The molecule has 0 aliphatic carbocycles. The lowest BCUT2D eigenvalue weighted by Gasteiger charge is -2.22. The maximum Gasteiger partial charge on any atom is 0.193 e. The fraction of sp³-hybridized carbons (Fsp3) is 0.474. The average Bonchev–Trinajstić information content (AvgIpc) is 2.94. The van der Waals surface area contributed by atoms with E-state index in [0.717, 1.165) is 43.5 Å². The number of benzene rings is 1. The fourth-order valence-electron chi connectivity index (χ4n) is 2.65. The van der Waals surface area contributed by atoms with Gasteiger partial charge in [0, 0.05) is 37.9 Å². The van der Waals surface area contributed by atoms with E-state index >= 15 is 0 Å². The van der Waals surface area contributed by atoms with E-state index < -0.39 is 0 Å². The van der Waals surface area contributed by atoms with Crippen LogP contribution in [0.25, 0.3) is 0 Å². The molecule has 1 heterocycles. The average molecular weight is 378 g/mol. The second kappa shape index (κ2) is 10.1. The van der Waals surface area contributed by atoms with Crippen LogP contribution in [0.15, 0.2) is 35.3 Å². The van der Waals surface area contributed by atoms with Crippen LogP contribution in [0.1, 0.15) is 17.8 Å². The number of guanidine groups is 1. The molecule has 0 unspecified atom stereocenters. The number of hydrogen-bond donors (Lipinski definition) is 1. The molecule has 0 fully saturated rings. The maximum atomic E-state index is 5.87. The van der Waals surface area contributed by atoms with Crippen LogP contribution in [0.3, 0.4) is 0 Å². The van der Waals surface area contributed by atoms with Crippen molar-refractivity contribution in [1.29, 1.82) is 0 Å². The summed E-state index contributed by atoms with van der Waals surface area (Å²) in [5.74, 6) is 1.67. The summed E-state index contributed by atoms with van der Waals surface area (Å²) in [5, 5.41) is 8.57. The van der Waals surface area contributed by atoms with Crippen molar-refractivity contribution >= 4 is 17.6 Å². The normalized spacial score (nSPS) is 11.5. The summed E-state index contributed by atoms with van der Waals surface area (Å²) in [5.41, 5.74) is 2.26. The molecule has 0 bridgehead atoms. The van der Waals surface area contributed by atoms with Gasteiger partial charge in [-0.25, -0.2) is 0 Å². The number of aliphatic imine (C=N–C) groups is 1. The van der Waals surface area contributed by atoms with Gasteiger partial charge < -0.3 is 15.0 Å². The van der Waals surface area contributed by atoms with E-state index in [0.29, 0.717) is 11.6 Å². The predicted molar refractivity (Wildman–Crippen MR) is 107 cm³/mol. The number of aromatic nitrogens is 2. The summed E-state index contributed by atoms with van der Waals surface area (Å²) in [7, 11) is 3.79. The molecule has 7 heteroatoms. The van der Waals surface area contributed by atoms with Gasteiger partial charge in [0.1, 0.15) is 12.4 Å². The van der Waals surface area contributed by atoms with E-state index in [4.69, 9.17) is 16.3 Å². The summed E-state index contributed by atoms with van der Waals surface area (Å²) in [4.78, 5) is 6.38. The number of aryl methyl sites for hydroxylation is 3. The van der Waals surface area contributed by atoms with Crippen molar-refractivity contribution in [3.8, 4) is 5.75 Å². The van der Waals surface area contributed by atoms with E-state index in [9.17, 15) is 0 Å². The van der Waals surface area contributed by atoms with Gasteiger partial charge in [-0.1, -0.05) is 11.6 Å². The summed E-state index contributed by atoms with van der Waals surface area (Å²) in [6, 6.07) is 9.48. The van der Waals surface area contributed by atoms with Crippen molar-refractivity contribution in [3.05, 3.63) is 46.7 Å². The van der Waals surface area contributed by atoms with Crippen molar-refractivity contribution in [2.24, 2.45) is 4.99 Å². The van der Waals surface area contributed by atoms with Gasteiger partial charge in [0.05, 0.1) is 12.2 Å². The Bertz CT molecular complexity index is 711. The highest BCUT2D eigenvalue weighted by molar-refractivity contribution is 6.30. The van der Waals surface area contributed by atoms with E-state index in [-0.39, 0.29) is 0 Å². The fourth-order valence-corrected chi connectivity index (χ4v) is 2.78. The molecule has 0 aliphatic rings. The number of nitrogens with one attached hydrogen (secondary N) is 1. The summed E-state index contributed by atoms with van der Waals surface area (Å²) in [6.45, 7) is 7.15. The Kier molecular flexibility index (Phi) is 7.78.